The van der Waals surface area contributed by atoms with Gasteiger partial charge < -0.3 is 14.8 Å². The lowest BCUT2D eigenvalue weighted by atomic mass is 10.1. The van der Waals surface area contributed by atoms with Crippen LogP contribution in [0, 0.1) is 12.7 Å². The van der Waals surface area contributed by atoms with Crippen LogP contribution >= 0.6 is 11.6 Å². The molecule has 0 bridgehead atoms. The number of aryl methyl sites for hydroxylation is 1. The fourth-order valence-corrected chi connectivity index (χ4v) is 4.56. The fourth-order valence-electron chi connectivity index (χ4n) is 4.30. The molecule has 1 aromatic heterocycles. The van der Waals surface area contributed by atoms with Gasteiger partial charge in [0.15, 0.2) is 0 Å². The minimum atomic E-state index is -0.400. The maximum atomic E-state index is 13.5. The average molecular weight is 474 g/mol. The van der Waals surface area contributed by atoms with Gasteiger partial charge in [-0.25, -0.2) is 4.39 Å². The highest BCUT2D eigenvalue weighted by Crippen LogP contribution is 2.32. The SMILES string of the molecule is Cc1cc(F)ccc1C(=O)Nc1ccc(C(=O)N2CCc3cccn3-c3ccccc32)c(Cl)c1. The van der Waals surface area contributed by atoms with Crippen molar-refractivity contribution in [3.63, 3.8) is 0 Å². The highest BCUT2D eigenvalue weighted by Gasteiger charge is 2.26. The normalized spacial score (nSPS) is 12.5. The number of halogens is 2. The molecule has 1 aliphatic heterocycles. The molecule has 4 aromatic rings. The Morgan fingerprint density at radius 1 is 0.941 bits per heavy atom. The van der Waals surface area contributed by atoms with Crippen molar-refractivity contribution in [1.29, 1.82) is 0 Å². The second-order valence-corrected chi connectivity index (χ2v) is 8.58. The number of carbonyl (C=O) groups excluding carboxylic acids is 2. The number of benzene rings is 3. The molecule has 2 heterocycles. The molecule has 0 saturated heterocycles. The van der Waals surface area contributed by atoms with E-state index in [0.717, 1.165) is 17.1 Å². The van der Waals surface area contributed by atoms with Crippen molar-refractivity contribution in [3.8, 4) is 5.69 Å². The predicted molar refractivity (Wildman–Crippen MR) is 132 cm³/mol. The van der Waals surface area contributed by atoms with Gasteiger partial charge in [0.25, 0.3) is 11.8 Å². The topological polar surface area (TPSA) is 54.3 Å². The Morgan fingerprint density at radius 2 is 1.71 bits per heavy atom. The van der Waals surface area contributed by atoms with E-state index in [-0.39, 0.29) is 16.8 Å². The van der Waals surface area contributed by atoms with E-state index in [1.807, 2.05) is 36.5 Å². The number of aromatic nitrogens is 1. The Balaban J connectivity index is 1.41. The Kier molecular flexibility index (Phi) is 5.67. The first-order valence-electron chi connectivity index (χ1n) is 10.9. The van der Waals surface area contributed by atoms with Crippen molar-refractivity contribution < 1.29 is 14.0 Å². The zero-order chi connectivity index (χ0) is 23.8. The second kappa shape index (κ2) is 8.80. The molecular formula is C27H21ClFN3O2. The van der Waals surface area contributed by atoms with Crippen LogP contribution in [0.15, 0.2) is 79.0 Å². The number of carbonyl (C=O) groups is 2. The number of amides is 2. The molecule has 0 saturated carbocycles. The molecular weight excluding hydrogens is 453 g/mol. The number of fused-ring (bicyclic) bond motifs is 3. The van der Waals surface area contributed by atoms with Crippen LogP contribution < -0.4 is 10.2 Å². The number of para-hydroxylation sites is 2. The summed E-state index contributed by atoms with van der Waals surface area (Å²) in [5.41, 5.74) is 4.55. The third kappa shape index (κ3) is 3.97. The van der Waals surface area contributed by atoms with Gasteiger partial charge in [0.05, 0.1) is 22.0 Å². The van der Waals surface area contributed by atoms with E-state index in [1.165, 1.54) is 18.2 Å². The molecule has 0 atom stereocenters. The van der Waals surface area contributed by atoms with Crippen LogP contribution in [0.5, 0.6) is 0 Å². The summed E-state index contributed by atoms with van der Waals surface area (Å²) in [4.78, 5) is 27.9. The molecule has 0 radical (unpaired) electrons. The van der Waals surface area contributed by atoms with Gasteiger partial charge in [-0.1, -0.05) is 23.7 Å². The van der Waals surface area contributed by atoms with E-state index in [9.17, 15) is 14.0 Å². The zero-order valence-corrected chi connectivity index (χ0v) is 19.1. The molecule has 2 amide bonds. The average Bonchev–Trinajstić information content (AvgIpc) is 3.22. The van der Waals surface area contributed by atoms with Crippen LogP contribution in [0.3, 0.4) is 0 Å². The Labute approximate surface area is 201 Å². The second-order valence-electron chi connectivity index (χ2n) is 8.17. The number of hydrogen-bond donors (Lipinski definition) is 1. The number of nitrogens with one attached hydrogen (secondary N) is 1. The van der Waals surface area contributed by atoms with E-state index >= 15 is 0 Å². The van der Waals surface area contributed by atoms with Gasteiger partial charge in [-0.2, -0.15) is 0 Å². The first kappa shape index (κ1) is 21.9. The molecule has 170 valence electrons. The maximum absolute atomic E-state index is 13.5. The van der Waals surface area contributed by atoms with E-state index in [4.69, 9.17) is 11.6 Å². The summed E-state index contributed by atoms with van der Waals surface area (Å²) in [5, 5.41) is 3.00. The van der Waals surface area contributed by atoms with Gasteiger partial charge in [-0.15, -0.1) is 0 Å². The van der Waals surface area contributed by atoms with Gasteiger partial charge >= 0.3 is 0 Å². The van der Waals surface area contributed by atoms with Crippen molar-refractivity contribution in [1.82, 2.24) is 4.57 Å². The summed E-state index contributed by atoms with van der Waals surface area (Å²) >= 11 is 6.51. The van der Waals surface area contributed by atoms with Crippen LogP contribution in [0.25, 0.3) is 5.69 Å². The number of anilines is 2. The maximum Gasteiger partial charge on any atom is 0.259 e. The van der Waals surface area contributed by atoms with Gasteiger partial charge in [-0.05, 0) is 73.2 Å². The summed E-state index contributed by atoms with van der Waals surface area (Å²) in [7, 11) is 0. The van der Waals surface area contributed by atoms with Crippen molar-refractivity contribution >= 4 is 34.8 Å². The minimum Gasteiger partial charge on any atom is -0.322 e. The summed E-state index contributed by atoms with van der Waals surface area (Å²) in [6.07, 6.45) is 2.70. The molecule has 0 unspecified atom stereocenters. The van der Waals surface area contributed by atoms with Gasteiger partial charge in [0.1, 0.15) is 5.82 Å². The van der Waals surface area contributed by atoms with Gasteiger partial charge in [-0.3, -0.25) is 9.59 Å². The molecule has 3 aromatic carbocycles. The highest BCUT2D eigenvalue weighted by molar-refractivity contribution is 6.35. The van der Waals surface area contributed by atoms with Crippen LogP contribution in [0.2, 0.25) is 5.02 Å². The fraction of sp³-hybridized carbons (Fsp3) is 0.111. The Morgan fingerprint density at radius 3 is 2.47 bits per heavy atom. The number of rotatable bonds is 3. The molecule has 5 rings (SSSR count). The summed E-state index contributed by atoms with van der Waals surface area (Å²) in [6, 6.07) is 20.6. The largest absolute Gasteiger partial charge is 0.322 e. The molecule has 5 nitrogen and oxygen atoms in total. The van der Waals surface area contributed by atoms with E-state index in [2.05, 4.69) is 16.0 Å². The standard InChI is InChI=1S/C27H21ClFN3O2/c1-17-15-18(29)8-10-21(17)26(33)30-19-9-11-22(23(28)16-19)27(34)32-14-12-20-5-4-13-31(20)24-6-2-3-7-25(24)32/h2-11,13,15-16H,12,14H2,1H3,(H,30,33). The van der Waals surface area contributed by atoms with Crippen LogP contribution in [0.4, 0.5) is 15.8 Å². The Bertz CT molecular complexity index is 1430. The van der Waals surface area contributed by atoms with Crippen molar-refractivity contribution in [2.24, 2.45) is 0 Å². The molecule has 0 aliphatic carbocycles. The third-order valence-electron chi connectivity index (χ3n) is 5.99. The molecule has 1 aliphatic rings. The van der Waals surface area contributed by atoms with E-state index < -0.39 is 5.82 Å². The summed E-state index contributed by atoms with van der Waals surface area (Å²) in [5.74, 6) is -0.991. The minimum absolute atomic E-state index is 0.213. The molecule has 34 heavy (non-hydrogen) atoms. The Hall–Kier alpha value is -3.90. The number of hydrogen-bond acceptors (Lipinski definition) is 2. The first-order valence-corrected chi connectivity index (χ1v) is 11.2. The molecule has 7 heteroatoms. The van der Waals surface area contributed by atoms with Crippen LogP contribution in [-0.2, 0) is 6.42 Å². The number of nitrogens with zero attached hydrogens (tertiary/aromatic N) is 2. The monoisotopic (exact) mass is 473 g/mol. The lowest BCUT2D eigenvalue weighted by Crippen LogP contribution is -2.32. The van der Waals surface area contributed by atoms with Gasteiger partial charge in [0.2, 0.25) is 0 Å². The third-order valence-corrected chi connectivity index (χ3v) is 6.31. The molecule has 0 fully saturated rings. The molecule has 0 spiro atoms. The van der Waals surface area contributed by atoms with Crippen molar-refractivity contribution in [2.45, 2.75) is 13.3 Å². The smallest absolute Gasteiger partial charge is 0.259 e. The zero-order valence-electron chi connectivity index (χ0n) is 18.4. The van der Waals surface area contributed by atoms with E-state index in [0.29, 0.717) is 35.3 Å². The predicted octanol–water partition coefficient (Wildman–Crippen LogP) is 6.03. The van der Waals surface area contributed by atoms with Gasteiger partial charge in [0, 0.05) is 36.1 Å². The lowest BCUT2D eigenvalue weighted by Gasteiger charge is -2.23. The first-order chi connectivity index (χ1) is 16.4. The highest BCUT2D eigenvalue weighted by atomic mass is 35.5. The summed E-state index contributed by atoms with van der Waals surface area (Å²) in [6.45, 7) is 2.18. The quantitative estimate of drug-likeness (QED) is 0.395. The molecule has 1 N–H and O–H groups in total. The van der Waals surface area contributed by atoms with Crippen molar-refractivity contribution in [3.05, 3.63) is 112 Å². The van der Waals surface area contributed by atoms with E-state index in [1.54, 1.807) is 30.0 Å². The summed E-state index contributed by atoms with van der Waals surface area (Å²) < 4.78 is 15.5. The van der Waals surface area contributed by atoms with Crippen LogP contribution in [0.1, 0.15) is 32.0 Å². The van der Waals surface area contributed by atoms with Crippen LogP contribution in [-0.4, -0.2) is 22.9 Å². The van der Waals surface area contributed by atoms with Crippen molar-refractivity contribution in [2.75, 3.05) is 16.8 Å². The lowest BCUT2D eigenvalue weighted by molar-refractivity contribution is 0.0986.